The molecule has 5 aromatic rings. The smallest absolute Gasteiger partial charge is 0.320 e. The number of aromatic nitrogens is 1. The number of rotatable bonds is 10. The quantitative estimate of drug-likeness (QED) is 0.0794. The Morgan fingerprint density at radius 3 is 2.25 bits per heavy atom. The summed E-state index contributed by atoms with van der Waals surface area (Å²) in [6, 6.07) is 35.0. The van der Waals surface area contributed by atoms with Crippen LogP contribution in [0.4, 0.5) is 4.39 Å². The maximum absolute atomic E-state index is 14.7. The molecule has 0 N–H and O–H groups in total. The SMILES string of the molecule is CC(C)OCC(=O)C1(C(=O)OC(C)C)CC2=C(C1)C(C#Cc1ccccc1)C(C)(c1ccccc1)C1=C2OC(c2c(C3CC3)nc3ccccc3c2-c2ccc(F)cc2)C=C1. The Balaban J connectivity index is 1.27. The summed E-state index contributed by atoms with van der Waals surface area (Å²) in [6.45, 7) is 9.33. The number of pyridine rings is 1. The number of nitrogens with zero attached hydrogens (tertiary/aromatic N) is 1. The van der Waals surface area contributed by atoms with Crippen LogP contribution in [0.1, 0.15) is 94.7 Å². The molecule has 1 saturated carbocycles. The van der Waals surface area contributed by atoms with Crippen molar-refractivity contribution >= 4 is 22.7 Å². The number of ether oxygens (including phenoxy) is 3. The van der Waals surface area contributed by atoms with Gasteiger partial charge in [-0.1, -0.05) is 96.8 Å². The van der Waals surface area contributed by atoms with Crippen LogP contribution in [0.3, 0.4) is 0 Å². The van der Waals surface area contributed by atoms with Crippen molar-refractivity contribution in [1.29, 1.82) is 0 Å². The fourth-order valence-corrected chi connectivity index (χ4v) is 9.51. The Morgan fingerprint density at radius 1 is 0.869 bits per heavy atom. The van der Waals surface area contributed by atoms with Crippen molar-refractivity contribution in [2.45, 2.75) is 89.9 Å². The maximum atomic E-state index is 14.7. The molecule has 0 saturated heterocycles. The molecule has 4 aromatic carbocycles. The third-order valence-corrected chi connectivity index (χ3v) is 12.7. The monoisotopic (exact) mass is 811 g/mol. The number of para-hydroxylation sites is 1. The molecule has 1 fully saturated rings. The minimum atomic E-state index is -1.56. The first-order valence-corrected chi connectivity index (χ1v) is 21.5. The van der Waals surface area contributed by atoms with Crippen molar-refractivity contribution in [3.63, 3.8) is 0 Å². The molecular weight excluding hydrogens is 762 g/mol. The van der Waals surface area contributed by atoms with Crippen LogP contribution in [0.25, 0.3) is 22.0 Å². The summed E-state index contributed by atoms with van der Waals surface area (Å²) in [5.74, 6) is 6.43. The zero-order valence-corrected chi connectivity index (χ0v) is 35.3. The Kier molecular flexibility index (Phi) is 10.6. The molecule has 61 heavy (non-hydrogen) atoms. The van der Waals surface area contributed by atoms with Crippen molar-refractivity contribution in [1.82, 2.24) is 4.98 Å². The highest BCUT2D eigenvalue weighted by Crippen LogP contribution is 2.61. The highest BCUT2D eigenvalue weighted by atomic mass is 19.1. The van der Waals surface area contributed by atoms with Crippen LogP contribution >= 0.6 is 0 Å². The largest absolute Gasteiger partial charge is 0.481 e. The van der Waals surface area contributed by atoms with Crippen molar-refractivity contribution in [2.24, 2.45) is 11.3 Å². The van der Waals surface area contributed by atoms with E-state index in [1.165, 1.54) is 12.1 Å². The lowest BCUT2D eigenvalue weighted by Crippen LogP contribution is -2.43. The van der Waals surface area contributed by atoms with Gasteiger partial charge in [-0.25, -0.2) is 4.39 Å². The Hall–Kier alpha value is -6.10. The number of hydrogen-bond acceptors (Lipinski definition) is 6. The number of halogens is 1. The molecule has 1 aliphatic heterocycles. The summed E-state index contributed by atoms with van der Waals surface area (Å²) in [4.78, 5) is 34.6. The molecule has 0 bridgehead atoms. The molecule has 4 atom stereocenters. The molecule has 0 amide bonds. The average molecular weight is 812 g/mol. The lowest BCUT2D eigenvalue weighted by Gasteiger charge is -2.44. The van der Waals surface area contributed by atoms with Gasteiger partial charge in [0.1, 0.15) is 29.7 Å². The van der Waals surface area contributed by atoms with Gasteiger partial charge in [-0.2, -0.15) is 0 Å². The highest BCUT2D eigenvalue weighted by Gasteiger charge is 2.59. The molecular formula is C54H50FNO5. The van der Waals surface area contributed by atoms with Gasteiger partial charge >= 0.3 is 5.97 Å². The van der Waals surface area contributed by atoms with E-state index in [4.69, 9.17) is 19.2 Å². The van der Waals surface area contributed by atoms with E-state index in [1.807, 2.05) is 92.7 Å². The Labute approximate surface area is 357 Å². The van der Waals surface area contributed by atoms with Crippen molar-refractivity contribution < 1.29 is 28.2 Å². The maximum Gasteiger partial charge on any atom is 0.320 e. The molecule has 4 aliphatic rings. The lowest BCUT2D eigenvalue weighted by atomic mass is 9.60. The molecule has 308 valence electrons. The van der Waals surface area contributed by atoms with Gasteiger partial charge in [-0.15, -0.1) is 0 Å². The van der Waals surface area contributed by atoms with Gasteiger partial charge in [-0.3, -0.25) is 14.6 Å². The van der Waals surface area contributed by atoms with Crippen LogP contribution in [-0.4, -0.2) is 35.6 Å². The van der Waals surface area contributed by atoms with E-state index in [2.05, 4.69) is 49.1 Å². The molecule has 6 nitrogen and oxygen atoms in total. The molecule has 1 aromatic heterocycles. The topological polar surface area (TPSA) is 74.7 Å². The van der Waals surface area contributed by atoms with Crippen LogP contribution in [0.15, 0.2) is 144 Å². The number of esters is 1. The first kappa shape index (κ1) is 40.3. The second-order valence-electron chi connectivity index (χ2n) is 17.5. The first-order valence-electron chi connectivity index (χ1n) is 21.5. The standard InChI is InChI=1S/C54H50FNO5/c1-33(2)59-32-47(57)54(52(58)60-34(3)4)30-41-42(31-54)51-44(53(5,38-16-10-7-11-17-38)43(41)27-20-35-14-8-6-9-15-35)28-29-46(61-51)49-48(36-23-25-39(55)26-24-36)40-18-12-13-19-45(40)56-50(49)37-21-22-37/h6-19,23-26,28-29,33-34,37,43,46H,21-22,30-32H2,1-5H3. The predicted molar refractivity (Wildman–Crippen MR) is 236 cm³/mol. The summed E-state index contributed by atoms with van der Waals surface area (Å²) in [6.07, 6.45) is 5.26. The number of fused-ring (bicyclic) bond motifs is 2. The van der Waals surface area contributed by atoms with E-state index in [0.29, 0.717) is 5.76 Å². The molecule has 2 heterocycles. The van der Waals surface area contributed by atoms with Crippen LogP contribution in [0, 0.1) is 29.0 Å². The fourth-order valence-electron chi connectivity index (χ4n) is 9.51. The zero-order chi connectivity index (χ0) is 42.5. The van der Waals surface area contributed by atoms with Crippen LogP contribution < -0.4 is 0 Å². The van der Waals surface area contributed by atoms with Gasteiger partial charge in [0.25, 0.3) is 0 Å². The van der Waals surface area contributed by atoms with Crippen LogP contribution in [0.5, 0.6) is 0 Å². The highest BCUT2D eigenvalue weighted by molar-refractivity contribution is 6.06. The lowest BCUT2D eigenvalue weighted by molar-refractivity contribution is -0.165. The minimum absolute atomic E-state index is 0.0816. The van der Waals surface area contributed by atoms with Crippen LogP contribution in [0.2, 0.25) is 0 Å². The molecule has 0 spiro atoms. The predicted octanol–water partition coefficient (Wildman–Crippen LogP) is 11.5. The van der Waals surface area contributed by atoms with E-state index in [-0.39, 0.29) is 43.1 Å². The summed E-state index contributed by atoms with van der Waals surface area (Å²) < 4.78 is 33.9. The molecule has 0 radical (unpaired) electrons. The number of hydrogen-bond donors (Lipinski definition) is 0. The first-order chi connectivity index (χ1) is 29.5. The number of carbonyl (C=O) groups is 2. The van der Waals surface area contributed by atoms with Crippen molar-refractivity contribution in [3.8, 4) is 23.0 Å². The van der Waals surface area contributed by atoms with E-state index in [9.17, 15) is 14.0 Å². The molecule has 9 rings (SSSR count). The van der Waals surface area contributed by atoms with Crippen molar-refractivity contribution in [3.05, 3.63) is 172 Å². The fraction of sp³-hybridized carbons (Fsp3) is 0.315. The third-order valence-electron chi connectivity index (χ3n) is 12.7. The second-order valence-corrected chi connectivity index (χ2v) is 17.5. The minimum Gasteiger partial charge on any atom is -0.481 e. The molecule has 7 heteroatoms. The van der Waals surface area contributed by atoms with Gasteiger partial charge in [0.15, 0.2) is 5.78 Å². The Morgan fingerprint density at radius 2 is 1.56 bits per heavy atom. The number of ketones is 1. The summed E-state index contributed by atoms with van der Waals surface area (Å²) in [5.41, 5.74) is 6.79. The van der Waals surface area contributed by atoms with Crippen LogP contribution in [-0.2, 0) is 29.2 Å². The number of Topliss-reactive ketones (excluding diaryl/α,β-unsaturated/α-hetero) is 1. The summed E-state index contributed by atoms with van der Waals surface area (Å²) in [5, 5.41) is 0.950. The zero-order valence-electron chi connectivity index (χ0n) is 35.3. The summed E-state index contributed by atoms with van der Waals surface area (Å²) >= 11 is 0. The van der Waals surface area contributed by atoms with Gasteiger partial charge < -0.3 is 14.2 Å². The van der Waals surface area contributed by atoms with Gasteiger partial charge in [0, 0.05) is 39.0 Å². The van der Waals surface area contributed by atoms with Gasteiger partial charge in [-0.05, 0) is 119 Å². The third kappa shape index (κ3) is 7.31. The van der Waals surface area contributed by atoms with E-state index < -0.39 is 34.9 Å². The van der Waals surface area contributed by atoms with E-state index in [0.717, 1.165) is 74.0 Å². The number of allylic oxidation sites excluding steroid dienone is 4. The van der Waals surface area contributed by atoms with Crippen molar-refractivity contribution in [2.75, 3.05) is 6.61 Å². The number of carbonyl (C=O) groups excluding carboxylic acids is 2. The van der Waals surface area contributed by atoms with E-state index >= 15 is 0 Å². The normalized spacial score (nSPS) is 23.1. The Bertz CT molecular complexity index is 2680. The van der Waals surface area contributed by atoms with E-state index in [1.54, 1.807) is 13.8 Å². The average Bonchev–Trinajstić information content (AvgIpc) is 4.04. The molecule has 4 unspecified atom stereocenters. The molecule has 3 aliphatic carbocycles. The second kappa shape index (κ2) is 16.1. The summed E-state index contributed by atoms with van der Waals surface area (Å²) in [7, 11) is 0. The number of benzene rings is 4. The van der Waals surface area contributed by atoms with Gasteiger partial charge in [0.2, 0.25) is 0 Å². The van der Waals surface area contributed by atoms with Gasteiger partial charge in [0.05, 0.1) is 29.3 Å².